The molecule has 154 valence electrons. The second-order valence-electron chi connectivity index (χ2n) is 6.23. The lowest BCUT2D eigenvalue weighted by Gasteiger charge is -2.10. The number of allylic oxidation sites excluding steroid dienone is 1. The minimum Gasteiger partial charge on any atom is -0.360 e. The Hall–Kier alpha value is -3.27. The predicted molar refractivity (Wildman–Crippen MR) is 114 cm³/mol. The van der Waals surface area contributed by atoms with Crippen LogP contribution in [-0.2, 0) is 19.9 Å². The third-order valence-electron chi connectivity index (χ3n) is 4.16. The summed E-state index contributed by atoms with van der Waals surface area (Å²) in [6.07, 6.45) is 1.10. The van der Waals surface area contributed by atoms with Crippen molar-refractivity contribution in [3.05, 3.63) is 102 Å². The smallest absolute Gasteiger partial charge is 0.238 e. The van der Waals surface area contributed by atoms with Crippen molar-refractivity contribution in [2.75, 3.05) is 5.32 Å². The fraction of sp³-hybridized carbons (Fsp3) is 0. The molecule has 0 saturated heterocycles. The summed E-state index contributed by atoms with van der Waals surface area (Å²) in [5.74, 6) is -0.673. The first kappa shape index (κ1) is 21.4. The lowest BCUT2D eigenvalue weighted by molar-refractivity contribution is 0.104. The summed E-state index contributed by atoms with van der Waals surface area (Å²) in [5, 5.41) is 7.82. The molecule has 9 heteroatoms. The quantitative estimate of drug-likeness (QED) is 0.428. The summed E-state index contributed by atoms with van der Waals surface area (Å²) in [5.41, 5.74) is 0.596. The van der Waals surface area contributed by atoms with Gasteiger partial charge in [0.25, 0.3) is 0 Å². The van der Waals surface area contributed by atoms with E-state index in [2.05, 4.69) is 5.32 Å². The molecule has 0 amide bonds. The summed E-state index contributed by atoms with van der Waals surface area (Å²) in [6, 6.07) is 21.0. The molecule has 3 aromatic rings. The first-order chi connectivity index (χ1) is 14.2. The van der Waals surface area contributed by atoms with Crippen LogP contribution in [0.4, 0.5) is 5.69 Å². The lowest BCUT2D eigenvalue weighted by Crippen LogP contribution is -2.16. The van der Waals surface area contributed by atoms with Gasteiger partial charge in [0.1, 0.15) is 4.91 Å². The van der Waals surface area contributed by atoms with Crippen LogP contribution in [0.2, 0.25) is 0 Å². The number of carbonyl (C=O) groups excluding carboxylic acids is 1. The molecule has 30 heavy (non-hydrogen) atoms. The van der Waals surface area contributed by atoms with Crippen LogP contribution in [0, 0.1) is 0 Å². The number of benzene rings is 3. The zero-order valence-corrected chi connectivity index (χ0v) is 17.2. The standard InChI is InChI=1S/C21H18N2O5S2/c22-30(27,28)19-13-11-17(12-14-19)23-15-20(21(24)16-7-3-1-4-8-16)29(25,26)18-9-5-2-6-10-18/h1-15,23H,(H2,22,27,28)/b20-15+. The van der Waals surface area contributed by atoms with Gasteiger partial charge in [-0.3, -0.25) is 4.79 Å². The average Bonchev–Trinajstić information content (AvgIpc) is 2.74. The van der Waals surface area contributed by atoms with Crippen LogP contribution in [0.5, 0.6) is 0 Å². The first-order valence-electron chi connectivity index (χ1n) is 8.69. The number of hydrogen-bond donors (Lipinski definition) is 2. The Labute approximate surface area is 174 Å². The number of sulfone groups is 1. The van der Waals surface area contributed by atoms with Gasteiger partial charge in [-0.25, -0.2) is 22.0 Å². The molecule has 3 rings (SSSR count). The number of Topliss-reactive ketones (excluding diaryl/α,β-unsaturated/α-hetero) is 1. The molecule has 0 saturated carbocycles. The molecule has 0 unspecified atom stereocenters. The average molecular weight is 443 g/mol. The van der Waals surface area contributed by atoms with E-state index in [0.29, 0.717) is 5.69 Å². The van der Waals surface area contributed by atoms with Crippen molar-refractivity contribution in [1.29, 1.82) is 0 Å². The van der Waals surface area contributed by atoms with Crippen LogP contribution < -0.4 is 10.5 Å². The fourth-order valence-corrected chi connectivity index (χ4v) is 4.47. The Kier molecular flexibility index (Phi) is 6.16. The Bertz CT molecular complexity index is 1280. The summed E-state index contributed by atoms with van der Waals surface area (Å²) in [7, 11) is -7.97. The van der Waals surface area contributed by atoms with Gasteiger partial charge in [0.15, 0.2) is 0 Å². The maximum absolute atomic E-state index is 13.1. The fourth-order valence-electron chi connectivity index (χ4n) is 2.61. The second-order valence-corrected chi connectivity index (χ2v) is 9.71. The maximum atomic E-state index is 13.1. The van der Waals surface area contributed by atoms with Gasteiger partial charge >= 0.3 is 0 Å². The van der Waals surface area contributed by atoms with Gasteiger partial charge in [-0.15, -0.1) is 0 Å². The Morgan fingerprint density at radius 1 is 0.733 bits per heavy atom. The van der Waals surface area contributed by atoms with E-state index in [4.69, 9.17) is 5.14 Å². The highest BCUT2D eigenvalue weighted by Crippen LogP contribution is 2.23. The molecule has 0 atom stereocenters. The molecule has 3 N–H and O–H groups in total. The van der Waals surface area contributed by atoms with E-state index in [1.54, 1.807) is 36.4 Å². The van der Waals surface area contributed by atoms with Crippen LogP contribution >= 0.6 is 0 Å². The number of anilines is 1. The molecule has 7 nitrogen and oxygen atoms in total. The molecule has 0 fully saturated rings. The number of nitrogens with two attached hydrogens (primary N) is 1. The summed E-state index contributed by atoms with van der Waals surface area (Å²) < 4.78 is 49.0. The third kappa shape index (κ3) is 4.82. The van der Waals surface area contributed by atoms with E-state index in [-0.39, 0.29) is 15.4 Å². The van der Waals surface area contributed by atoms with Gasteiger partial charge in [0.05, 0.1) is 9.79 Å². The van der Waals surface area contributed by atoms with E-state index in [9.17, 15) is 21.6 Å². The molecule has 0 aliphatic carbocycles. The predicted octanol–water partition coefficient (Wildman–Crippen LogP) is 2.94. The second kappa shape index (κ2) is 8.62. The van der Waals surface area contributed by atoms with Crippen molar-refractivity contribution in [1.82, 2.24) is 0 Å². The van der Waals surface area contributed by atoms with Crippen molar-refractivity contribution in [2.45, 2.75) is 9.79 Å². The van der Waals surface area contributed by atoms with Gasteiger partial charge in [-0.2, -0.15) is 0 Å². The monoisotopic (exact) mass is 442 g/mol. The highest BCUT2D eigenvalue weighted by Gasteiger charge is 2.27. The van der Waals surface area contributed by atoms with E-state index in [1.807, 2.05) is 0 Å². The number of rotatable bonds is 7. The van der Waals surface area contributed by atoms with Crippen molar-refractivity contribution < 1.29 is 21.6 Å². The lowest BCUT2D eigenvalue weighted by atomic mass is 10.1. The molecular formula is C21H18N2O5S2. The Morgan fingerprint density at radius 2 is 1.27 bits per heavy atom. The SMILES string of the molecule is NS(=O)(=O)c1ccc(N/C=C(\C(=O)c2ccccc2)S(=O)(=O)c2ccccc2)cc1. The molecule has 0 heterocycles. The van der Waals surface area contributed by atoms with E-state index < -0.39 is 30.5 Å². The van der Waals surface area contributed by atoms with Crippen LogP contribution in [0.3, 0.4) is 0 Å². The molecule has 0 spiro atoms. The van der Waals surface area contributed by atoms with Gasteiger partial charge < -0.3 is 5.32 Å². The largest absolute Gasteiger partial charge is 0.360 e. The normalized spacial score (nSPS) is 12.4. The first-order valence-corrected chi connectivity index (χ1v) is 11.7. The summed E-state index contributed by atoms with van der Waals surface area (Å²) in [4.78, 5) is 12.4. The highest BCUT2D eigenvalue weighted by atomic mass is 32.2. The third-order valence-corrected chi connectivity index (χ3v) is 6.86. The molecule has 0 radical (unpaired) electrons. The molecule has 0 aliphatic rings. The number of sulfonamides is 1. The van der Waals surface area contributed by atoms with E-state index >= 15 is 0 Å². The highest BCUT2D eigenvalue weighted by molar-refractivity contribution is 7.96. The van der Waals surface area contributed by atoms with Gasteiger partial charge in [0.2, 0.25) is 25.6 Å². The topological polar surface area (TPSA) is 123 Å². The zero-order valence-electron chi connectivity index (χ0n) is 15.6. The number of primary sulfonamides is 1. The molecule has 0 aliphatic heterocycles. The van der Waals surface area contributed by atoms with Crippen LogP contribution in [-0.4, -0.2) is 22.6 Å². The molecule has 0 aromatic heterocycles. The molecule has 3 aromatic carbocycles. The van der Waals surface area contributed by atoms with Crippen molar-refractivity contribution in [3.8, 4) is 0 Å². The molecule has 0 bridgehead atoms. The number of hydrogen-bond acceptors (Lipinski definition) is 6. The summed E-state index contributed by atoms with van der Waals surface area (Å²) in [6.45, 7) is 0. The van der Waals surface area contributed by atoms with Gasteiger partial charge in [0, 0.05) is 17.5 Å². The van der Waals surface area contributed by atoms with Crippen LogP contribution in [0.1, 0.15) is 10.4 Å². The van der Waals surface area contributed by atoms with E-state index in [1.165, 1.54) is 48.5 Å². The minimum absolute atomic E-state index is 0.0214. The zero-order chi connectivity index (χ0) is 21.8. The van der Waals surface area contributed by atoms with Crippen LogP contribution in [0.25, 0.3) is 0 Å². The number of carbonyl (C=O) groups is 1. The van der Waals surface area contributed by atoms with Crippen molar-refractivity contribution >= 4 is 31.3 Å². The molecular weight excluding hydrogens is 424 g/mol. The van der Waals surface area contributed by atoms with Crippen LogP contribution in [0.15, 0.2) is 106 Å². The number of nitrogens with one attached hydrogen (secondary N) is 1. The van der Waals surface area contributed by atoms with Crippen molar-refractivity contribution in [2.24, 2.45) is 5.14 Å². The Balaban J connectivity index is 2.02. The summed E-state index contributed by atoms with van der Waals surface area (Å²) >= 11 is 0. The minimum atomic E-state index is -4.12. The Morgan fingerprint density at radius 3 is 1.80 bits per heavy atom. The van der Waals surface area contributed by atoms with Crippen molar-refractivity contribution in [3.63, 3.8) is 0 Å². The van der Waals surface area contributed by atoms with Gasteiger partial charge in [-0.05, 0) is 36.4 Å². The van der Waals surface area contributed by atoms with E-state index in [0.717, 1.165) is 6.20 Å². The maximum Gasteiger partial charge on any atom is 0.238 e. The van der Waals surface area contributed by atoms with Gasteiger partial charge in [-0.1, -0.05) is 48.5 Å². The number of ketones is 1.